The molecule has 0 amide bonds. The van der Waals surface area contributed by atoms with Gasteiger partial charge in [0.1, 0.15) is 0 Å². The van der Waals surface area contributed by atoms with E-state index in [4.69, 9.17) is 10.6 Å². The highest BCUT2D eigenvalue weighted by Gasteiger charge is 2.15. The van der Waals surface area contributed by atoms with Crippen LogP contribution in [0.2, 0.25) is 0 Å². The molecule has 1 heterocycles. The number of oxime groups is 1. The summed E-state index contributed by atoms with van der Waals surface area (Å²) < 4.78 is 0. The predicted molar refractivity (Wildman–Crippen MR) is 78.2 cm³/mol. The number of nitrogens with two attached hydrogens (primary N) is 1. The first-order chi connectivity index (χ1) is 10.5. The van der Waals surface area contributed by atoms with Crippen molar-refractivity contribution in [2.45, 2.75) is 6.92 Å². The molecule has 0 saturated carbocycles. The fourth-order valence-corrected chi connectivity index (χ4v) is 1.70. The Balaban J connectivity index is 2.13. The second kappa shape index (κ2) is 6.44. The molecule has 2 aromatic rings. The molecule has 0 saturated heterocycles. The largest absolute Gasteiger partial charge is 0.380 e. The van der Waals surface area contributed by atoms with Gasteiger partial charge in [0.2, 0.25) is 0 Å². The van der Waals surface area contributed by atoms with Gasteiger partial charge in [-0.1, -0.05) is 5.16 Å². The SMILES string of the molecule is Cc1cc(C(=O)O/N=C(\N)c2cccnc2)ccc1[N+](=O)[O-]. The summed E-state index contributed by atoms with van der Waals surface area (Å²) in [5.41, 5.74) is 6.59. The molecule has 22 heavy (non-hydrogen) atoms. The number of pyridine rings is 1. The van der Waals surface area contributed by atoms with Gasteiger partial charge in [0, 0.05) is 29.6 Å². The molecule has 0 aliphatic carbocycles. The Labute approximate surface area is 125 Å². The normalized spacial score (nSPS) is 11.0. The van der Waals surface area contributed by atoms with Crippen molar-refractivity contribution in [2.75, 3.05) is 0 Å². The van der Waals surface area contributed by atoms with Crippen molar-refractivity contribution < 1.29 is 14.6 Å². The average Bonchev–Trinajstić information content (AvgIpc) is 2.52. The number of nitro benzene ring substituents is 1. The lowest BCUT2D eigenvalue weighted by Gasteiger charge is -2.02. The van der Waals surface area contributed by atoms with Gasteiger partial charge >= 0.3 is 5.97 Å². The Bertz CT molecular complexity index is 744. The van der Waals surface area contributed by atoms with E-state index in [1.165, 1.54) is 31.3 Å². The number of hydrogen-bond acceptors (Lipinski definition) is 6. The van der Waals surface area contributed by atoms with Gasteiger partial charge in [0.05, 0.1) is 10.5 Å². The van der Waals surface area contributed by atoms with E-state index in [0.29, 0.717) is 11.1 Å². The van der Waals surface area contributed by atoms with Crippen LogP contribution in [0.4, 0.5) is 5.69 Å². The van der Waals surface area contributed by atoms with E-state index in [1.807, 2.05) is 0 Å². The van der Waals surface area contributed by atoms with Gasteiger partial charge in [0.25, 0.3) is 5.69 Å². The van der Waals surface area contributed by atoms with Crippen LogP contribution in [0.5, 0.6) is 0 Å². The number of nitro groups is 1. The molecule has 0 aliphatic rings. The third-order valence-electron chi connectivity index (χ3n) is 2.81. The number of aryl methyl sites for hydroxylation is 1. The minimum Gasteiger partial charge on any atom is -0.380 e. The van der Waals surface area contributed by atoms with E-state index in [2.05, 4.69) is 10.1 Å². The molecular formula is C14H12N4O4. The molecule has 0 radical (unpaired) electrons. The van der Waals surface area contributed by atoms with Crippen LogP contribution in [0.1, 0.15) is 21.5 Å². The second-order valence-corrected chi connectivity index (χ2v) is 4.36. The molecule has 1 aromatic heterocycles. The Hall–Kier alpha value is -3.29. The Kier molecular flexibility index (Phi) is 4.42. The zero-order chi connectivity index (χ0) is 16.1. The molecule has 2 N–H and O–H groups in total. The van der Waals surface area contributed by atoms with Gasteiger partial charge < -0.3 is 10.6 Å². The Morgan fingerprint density at radius 2 is 2.14 bits per heavy atom. The van der Waals surface area contributed by atoms with E-state index in [-0.39, 0.29) is 17.1 Å². The van der Waals surface area contributed by atoms with E-state index >= 15 is 0 Å². The molecule has 112 valence electrons. The van der Waals surface area contributed by atoms with E-state index in [1.54, 1.807) is 18.3 Å². The molecule has 0 fully saturated rings. The van der Waals surface area contributed by atoms with Gasteiger partial charge in [0.15, 0.2) is 5.84 Å². The van der Waals surface area contributed by atoms with Crippen LogP contribution in [0.25, 0.3) is 0 Å². The van der Waals surface area contributed by atoms with Gasteiger partial charge in [-0.3, -0.25) is 15.1 Å². The molecule has 0 aliphatic heterocycles. The average molecular weight is 300 g/mol. The maximum Gasteiger partial charge on any atom is 0.365 e. The summed E-state index contributed by atoms with van der Waals surface area (Å²) in [7, 11) is 0. The smallest absolute Gasteiger partial charge is 0.365 e. The first kappa shape index (κ1) is 15.1. The summed E-state index contributed by atoms with van der Waals surface area (Å²) in [4.78, 5) is 30.6. The first-order valence-corrected chi connectivity index (χ1v) is 6.19. The van der Waals surface area contributed by atoms with E-state index < -0.39 is 10.9 Å². The number of rotatable bonds is 4. The summed E-state index contributed by atoms with van der Waals surface area (Å²) in [6, 6.07) is 7.22. The minimum absolute atomic E-state index is 0.0000774. The van der Waals surface area contributed by atoms with Crippen LogP contribution in [0.3, 0.4) is 0 Å². The zero-order valence-electron chi connectivity index (χ0n) is 11.6. The van der Waals surface area contributed by atoms with Crippen LogP contribution in [0, 0.1) is 17.0 Å². The molecule has 0 unspecified atom stereocenters. The number of hydrogen-bond donors (Lipinski definition) is 1. The lowest BCUT2D eigenvalue weighted by molar-refractivity contribution is -0.385. The maximum atomic E-state index is 11.8. The van der Waals surface area contributed by atoms with Crippen molar-refractivity contribution in [1.82, 2.24) is 4.98 Å². The highest BCUT2D eigenvalue weighted by Crippen LogP contribution is 2.19. The summed E-state index contributed by atoms with van der Waals surface area (Å²) in [6.07, 6.45) is 3.05. The topological polar surface area (TPSA) is 121 Å². The number of benzene rings is 1. The number of nitrogens with zero attached hydrogens (tertiary/aromatic N) is 3. The van der Waals surface area contributed by atoms with Crippen molar-refractivity contribution in [1.29, 1.82) is 0 Å². The summed E-state index contributed by atoms with van der Waals surface area (Å²) >= 11 is 0. The van der Waals surface area contributed by atoms with Crippen LogP contribution in [0.15, 0.2) is 47.9 Å². The molecule has 0 bridgehead atoms. The predicted octanol–water partition coefficient (Wildman–Crippen LogP) is 1.78. The van der Waals surface area contributed by atoms with Crippen molar-refractivity contribution in [2.24, 2.45) is 10.9 Å². The second-order valence-electron chi connectivity index (χ2n) is 4.36. The van der Waals surface area contributed by atoms with E-state index in [9.17, 15) is 14.9 Å². The van der Waals surface area contributed by atoms with Crippen LogP contribution >= 0.6 is 0 Å². The van der Waals surface area contributed by atoms with Gasteiger partial charge in [-0.2, -0.15) is 0 Å². The highest BCUT2D eigenvalue weighted by atomic mass is 16.7. The molecule has 2 rings (SSSR count). The lowest BCUT2D eigenvalue weighted by Crippen LogP contribution is -2.15. The number of carbonyl (C=O) groups excluding carboxylic acids is 1. The minimum atomic E-state index is -0.759. The number of carbonyl (C=O) groups is 1. The van der Waals surface area contributed by atoms with Crippen molar-refractivity contribution in [3.8, 4) is 0 Å². The number of aromatic nitrogens is 1. The fraction of sp³-hybridized carbons (Fsp3) is 0.0714. The standard InChI is InChI=1S/C14H12N4O4/c1-9-7-10(4-5-12(9)18(20)21)14(19)22-17-13(15)11-3-2-6-16-8-11/h2-8H,1H3,(H2,15,17). The molecule has 8 nitrogen and oxygen atoms in total. The van der Waals surface area contributed by atoms with Gasteiger partial charge in [-0.25, -0.2) is 4.79 Å². The summed E-state index contributed by atoms with van der Waals surface area (Å²) in [5.74, 6) is -0.759. The molecular weight excluding hydrogens is 288 g/mol. The van der Waals surface area contributed by atoms with Gasteiger partial charge in [-0.15, -0.1) is 0 Å². The zero-order valence-corrected chi connectivity index (χ0v) is 11.6. The highest BCUT2D eigenvalue weighted by molar-refractivity contribution is 5.97. The van der Waals surface area contributed by atoms with Crippen LogP contribution in [-0.2, 0) is 4.84 Å². The third kappa shape index (κ3) is 3.42. The maximum absolute atomic E-state index is 11.8. The van der Waals surface area contributed by atoms with Crippen LogP contribution in [-0.4, -0.2) is 21.7 Å². The summed E-state index contributed by atoms with van der Waals surface area (Å²) in [5, 5.41) is 14.2. The molecule has 1 aromatic carbocycles. The number of amidine groups is 1. The first-order valence-electron chi connectivity index (χ1n) is 6.19. The third-order valence-corrected chi connectivity index (χ3v) is 2.81. The van der Waals surface area contributed by atoms with Gasteiger partial charge in [-0.05, 0) is 31.2 Å². The summed E-state index contributed by atoms with van der Waals surface area (Å²) in [6.45, 7) is 1.53. The van der Waals surface area contributed by atoms with E-state index in [0.717, 1.165) is 0 Å². The van der Waals surface area contributed by atoms with Crippen LogP contribution < -0.4 is 5.73 Å². The lowest BCUT2D eigenvalue weighted by atomic mass is 10.1. The fourth-order valence-electron chi connectivity index (χ4n) is 1.70. The Morgan fingerprint density at radius 3 is 2.73 bits per heavy atom. The Morgan fingerprint density at radius 1 is 1.36 bits per heavy atom. The van der Waals surface area contributed by atoms with Crippen molar-refractivity contribution in [3.63, 3.8) is 0 Å². The van der Waals surface area contributed by atoms with Crippen molar-refractivity contribution in [3.05, 3.63) is 69.5 Å². The molecule has 0 atom stereocenters. The quantitative estimate of drug-likeness (QED) is 0.302. The monoisotopic (exact) mass is 300 g/mol. The molecule has 8 heteroatoms. The molecule has 0 spiro atoms. The van der Waals surface area contributed by atoms with Crippen molar-refractivity contribution >= 4 is 17.5 Å².